The third kappa shape index (κ3) is 4.23. The van der Waals surface area contributed by atoms with Crippen LogP contribution >= 0.6 is 0 Å². The van der Waals surface area contributed by atoms with Crippen molar-refractivity contribution in [3.05, 3.63) is 0 Å². The first-order chi connectivity index (χ1) is 8.51. The van der Waals surface area contributed by atoms with E-state index in [1.165, 1.54) is 7.11 Å². The maximum absolute atomic E-state index is 11.5. The van der Waals surface area contributed by atoms with Crippen LogP contribution in [-0.2, 0) is 14.3 Å². The molecule has 1 saturated heterocycles. The standard InChI is InChI=1S/C13H26N2O3/c1-4-11-10-18-9-8-15(11)7-5-6-13(2,14)12(16)17-3/h11H,4-10,14H2,1-3H3. The molecule has 5 nitrogen and oxygen atoms in total. The Hall–Kier alpha value is -0.650. The van der Waals surface area contributed by atoms with Gasteiger partial charge in [-0.3, -0.25) is 9.69 Å². The Kier molecular flexibility index (Phi) is 6.05. The number of methoxy groups -OCH3 is 1. The molecular weight excluding hydrogens is 232 g/mol. The molecule has 0 aromatic rings. The van der Waals surface area contributed by atoms with Crippen molar-refractivity contribution >= 4 is 5.97 Å². The summed E-state index contributed by atoms with van der Waals surface area (Å²) in [6.07, 6.45) is 2.64. The van der Waals surface area contributed by atoms with Crippen molar-refractivity contribution in [3.63, 3.8) is 0 Å². The van der Waals surface area contributed by atoms with Crippen molar-refractivity contribution in [2.24, 2.45) is 5.73 Å². The fourth-order valence-corrected chi connectivity index (χ4v) is 2.34. The van der Waals surface area contributed by atoms with Crippen LogP contribution in [0.25, 0.3) is 0 Å². The van der Waals surface area contributed by atoms with Gasteiger partial charge in [0.1, 0.15) is 5.54 Å². The molecule has 1 rings (SSSR count). The fraction of sp³-hybridized carbons (Fsp3) is 0.923. The predicted molar refractivity (Wildman–Crippen MR) is 70.3 cm³/mol. The Morgan fingerprint density at radius 2 is 2.33 bits per heavy atom. The number of hydrogen-bond acceptors (Lipinski definition) is 5. The van der Waals surface area contributed by atoms with Crippen molar-refractivity contribution in [1.82, 2.24) is 4.90 Å². The Morgan fingerprint density at radius 1 is 1.61 bits per heavy atom. The lowest BCUT2D eigenvalue weighted by Crippen LogP contribution is -2.48. The number of hydrogen-bond donors (Lipinski definition) is 1. The van der Waals surface area contributed by atoms with Gasteiger partial charge in [-0.05, 0) is 32.7 Å². The summed E-state index contributed by atoms with van der Waals surface area (Å²) in [6, 6.07) is 0.501. The fourth-order valence-electron chi connectivity index (χ4n) is 2.34. The van der Waals surface area contributed by atoms with Gasteiger partial charge in [-0.2, -0.15) is 0 Å². The highest BCUT2D eigenvalue weighted by Crippen LogP contribution is 2.15. The van der Waals surface area contributed by atoms with Crippen LogP contribution in [0, 0.1) is 0 Å². The van der Waals surface area contributed by atoms with Crippen molar-refractivity contribution in [1.29, 1.82) is 0 Å². The maximum atomic E-state index is 11.5. The van der Waals surface area contributed by atoms with E-state index in [1.807, 2.05) is 0 Å². The van der Waals surface area contributed by atoms with E-state index in [9.17, 15) is 4.79 Å². The number of rotatable bonds is 6. The van der Waals surface area contributed by atoms with Gasteiger partial charge < -0.3 is 15.2 Å². The van der Waals surface area contributed by atoms with Crippen LogP contribution in [0.15, 0.2) is 0 Å². The molecule has 2 atom stereocenters. The number of esters is 1. The predicted octanol–water partition coefficient (Wildman–Crippen LogP) is 0.768. The minimum Gasteiger partial charge on any atom is -0.468 e. The van der Waals surface area contributed by atoms with Crippen molar-refractivity contribution in [3.8, 4) is 0 Å². The lowest BCUT2D eigenvalue weighted by atomic mass is 9.97. The Labute approximate surface area is 110 Å². The smallest absolute Gasteiger partial charge is 0.325 e. The van der Waals surface area contributed by atoms with Crippen LogP contribution in [0.5, 0.6) is 0 Å². The number of ether oxygens (including phenoxy) is 2. The molecular formula is C13H26N2O3. The molecule has 0 aromatic heterocycles. The summed E-state index contributed by atoms with van der Waals surface area (Å²) in [7, 11) is 1.38. The summed E-state index contributed by atoms with van der Waals surface area (Å²) in [5.74, 6) is -0.337. The zero-order valence-electron chi connectivity index (χ0n) is 11.8. The van der Waals surface area contributed by atoms with Gasteiger partial charge in [0, 0.05) is 12.6 Å². The quantitative estimate of drug-likeness (QED) is 0.713. The number of morpholine rings is 1. The van der Waals surface area contributed by atoms with Gasteiger partial charge in [0.25, 0.3) is 0 Å². The van der Waals surface area contributed by atoms with Crippen LogP contribution in [0.3, 0.4) is 0 Å². The molecule has 5 heteroatoms. The molecule has 106 valence electrons. The zero-order valence-corrected chi connectivity index (χ0v) is 11.8. The Balaban J connectivity index is 2.34. The molecule has 2 unspecified atom stereocenters. The van der Waals surface area contributed by atoms with E-state index in [1.54, 1.807) is 6.92 Å². The average Bonchev–Trinajstić information content (AvgIpc) is 2.38. The molecule has 1 fully saturated rings. The van der Waals surface area contributed by atoms with Crippen molar-refractivity contribution < 1.29 is 14.3 Å². The Bertz CT molecular complexity index is 269. The summed E-state index contributed by atoms with van der Waals surface area (Å²) in [6.45, 7) is 7.45. The van der Waals surface area contributed by atoms with Crippen molar-refractivity contribution in [2.75, 3.05) is 33.4 Å². The lowest BCUT2D eigenvalue weighted by molar-refractivity contribution is -0.146. The minimum atomic E-state index is -0.872. The highest BCUT2D eigenvalue weighted by Gasteiger charge is 2.29. The van der Waals surface area contributed by atoms with Crippen molar-refractivity contribution in [2.45, 2.75) is 44.7 Å². The van der Waals surface area contributed by atoms with E-state index in [0.29, 0.717) is 12.5 Å². The molecule has 1 aliphatic heterocycles. The normalized spacial score (nSPS) is 24.6. The molecule has 1 heterocycles. The molecule has 2 N–H and O–H groups in total. The first-order valence-electron chi connectivity index (χ1n) is 6.70. The average molecular weight is 258 g/mol. The van der Waals surface area contributed by atoms with Gasteiger partial charge in [-0.1, -0.05) is 6.92 Å². The molecule has 1 aliphatic rings. The van der Waals surface area contributed by atoms with E-state index >= 15 is 0 Å². The van der Waals surface area contributed by atoms with Crippen LogP contribution in [0.4, 0.5) is 0 Å². The molecule has 18 heavy (non-hydrogen) atoms. The van der Waals surface area contributed by atoms with Crippen LogP contribution in [0.2, 0.25) is 0 Å². The zero-order chi connectivity index (χ0) is 13.6. The SMILES string of the molecule is CCC1COCCN1CCCC(C)(N)C(=O)OC. The van der Waals surface area contributed by atoms with Crippen LogP contribution in [0.1, 0.15) is 33.1 Å². The number of carbonyl (C=O) groups is 1. The molecule has 0 aromatic carbocycles. The second-order valence-corrected chi connectivity index (χ2v) is 5.19. The summed E-state index contributed by atoms with van der Waals surface area (Å²) in [4.78, 5) is 13.9. The Morgan fingerprint density at radius 3 is 2.94 bits per heavy atom. The molecule has 0 spiro atoms. The van der Waals surface area contributed by atoms with Gasteiger partial charge >= 0.3 is 5.97 Å². The largest absolute Gasteiger partial charge is 0.468 e. The third-order valence-electron chi connectivity index (χ3n) is 3.61. The lowest BCUT2D eigenvalue weighted by Gasteiger charge is -2.35. The van der Waals surface area contributed by atoms with Crippen LogP contribution < -0.4 is 5.73 Å². The summed E-state index contributed by atoms with van der Waals surface area (Å²) < 4.78 is 10.2. The topological polar surface area (TPSA) is 64.8 Å². The maximum Gasteiger partial charge on any atom is 0.325 e. The number of nitrogens with zero attached hydrogens (tertiary/aromatic N) is 1. The number of nitrogens with two attached hydrogens (primary N) is 1. The molecule has 0 bridgehead atoms. The summed E-state index contributed by atoms with van der Waals surface area (Å²) >= 11 is 0. The highest BCUT2D eigenvalue weighted by molar-refractivity contribution is 5.79. The van der Waals surface area contributed by atoms with E-state index < -0.39 is 5.54 Å². The summed E-state index contributed by atoms with van der Waals surface area (Å²) in [5, 5.41) is 0. The van der Waals surface area contributed by atoms with E-state index in [4.69, 9.17) is 15.2 Å². The third-order valence-corrected chi connectivity index (χ3v) is 3.61. The van der Waals surface area contributed by atoms with E-state index in [0.717, 1.165) is 39.1 Å². The second kappa shape index (κ2) is 7.07. The molecule has 0 radical (unpaired) electrons. The van der Waals surface area contributed by atoms with Gasteiger partial charge in [0.15, 0.2) is 0 Å². The second-order valence-electron chi connectivity index (χ2n) is 5.19. The van der Waals surface area contributed by atoms with E-state index in [-0.39, 0.29) is 5.97 Å². The summed E-state index contributed by atoms with van der Waals surface area (Å²) in [5.41, 5.74) is 5.06. The van der Waals surface area contributed by atoms with Gasteiger partial charge in [-0.15, -0.1) is 0 Å². The highest BCUT2D eigenvalue weighted by atomic mass is 16.5. The van der Waals surface area contributed by atoms with E-state index in [2.05, 4.69) is 11.8 Å². The van der Waals surface area contributed by atoms with Gasteiger partial charge in [0.05, 0.1) is 20.3 Å². The first kappa shape index (κ1) is 15.4. The molecule has 0 saturated carbocycles. The molecule has 0 amide bonds. The molecule has 0 aliphatic carbocycles. The van der Waals surface area contributed by atoms with Crippen LogP contribution in [-0.4, -0.2) is 55.9 Å². The number of carbonyl (C=O) groups excluding carboxylic acids is 1. The monoisotopic (exact) mass is 258 g/mol. The minimum absolute atomic E-state index is 0.337. The van der Waals surface area contributed by atoms with Gasteiger partial charge in [-0.25, -0.2) is 0 Å². The first-order valence-corrected chi connectivity index (χ1v) is 6.70. The van der Waals surface area contributed by atoms with Gasteiger partial charge in [0.2, 0.25) is 0 Å².